The minimum absolute atomic E-state index is 0.0494. The maximum Gasteiger partial charge on any atom is 0.323 e. The Balaban J connectivity index is 1.75. The number of ether oxygens (including phenoxy) is 2. The number of nitrogens with zero attached hydrogens (tertiary/aromatic N) is 5. The van der Waals surface area contributed by atoms with E-state index in [0.29, 0.717) is 31.4 Å². The van der Waals surface area contributed by atoms with Crippen molar-refractivity contribution in [1.29, 1.82) is 0 Å². The summed E-state index contributed by atoms with van der Waals surface area (Å²) in [4.78, 5) is 32.2. The molecule has 0 unspecified atom stereocenters. The zero-order chi connectivity index (χ0) is 17.9. The molecule has 0 bridgehead atoms. The average molecular weight is 345 g/mol. The standard InChI is InChI=1S/C16H19N5O4/c1-24-14(22)16(15(23)25-2)5-3-12(4-6-16)21-9-13(19-20-21)11-7-17-10-18-8-11/h7-10,12H,3-6H2,1-2H3. The van der Waals surface area contributed by atoms with Gasteiger partial charge in [-0.15, -0.1) is 5.10 Å². The molecule has 0 N–H and O–H groups in total. The second-order valence-electron chi connectivity index (χ2n) is 6.01. The molecule has 25 heavy (non-hydrogen) atoms. The predicted octanol–water partition coefficient (Wildman–Crippen LogP) is 1.18. The van der Waals surface area contributed by atoms with Crippen LogP contribution in [-0.4, -0.2) is 51.1 Å². The predicted molar refractivity (Wildman–Crippen MR) is 85.0 cm³/mol. The first-order chi connectivity index (χ1) is 12.1. The highest BCUT2D eigenvalue weighted by molar-refractivity contribution is 6.00. The molecule has 0 aromatic carbocycles. The van der Waals surface area contributed by atoms with Crippen LogP contribution < -0.4 is 0 Å². The molecule has 1 aliphatic rings. The lowest BCUT2D eigenvalue weighted by Crippen LogP contribution is -2.44. The van der Waals surface area contributed by atoms with Crippen molar-refractivity contribution in [2.45, 2.75) is 31.7 Å². The molecule has 0 saturated heterocycles. The lowest BCUT2D eigenvalue weighted by atomic mass is 9.72. The van der Waals surface area contributed by atoms with Crippen LogP contribution in [0.5, 0.6) is 0 Å². The molecule has 1 aliphatic carbocycles. The fraction of sp³-hybridized carbons (Fsp3) is 0.500. The largest absolute Gasteiger partial charge is 0.468 e. The smallest absolute Gasteiger partial charge is 0.323 e. The van der Waals surface area contributed by atoms with Gasteiger partial charge in [-0.3, -0.25) is 9.59 Å². The molecule has 2 aromatic rings. The summed E-state index contributed by atoms with van der Waals surface area (Å²) in [5.41, 5.74) is 0.234. The van der Waals surface area contributed by atoms with Crippen LogP contribution in [0.25, 0.3) is 11.3 Å². The quantitative estimate of drug-likeness (QED) is 0.600. The average Bonchev–Trinajstić information content (AvgIpc) is 3.17. The van der Waals surface area contributed by atoms with E-state index in [0.717, 1.165) is 5.56 Å². The van der Waals surface area contributed by atoms with Gasteiger partial charge in [0.25, 0.3) is 0 Å². The molecule has 2 aromatic heterocycles. The lowest BCUT2D eigenvalue weighted by molar-refractivity contribution is -0.172. The summed E-state index contributed by atoms with van der Waals surface area (Å²) < 4.78 is 11.4. The fourth-order valence-electron chi connectivity index (χ4n) is 3.26. The van der Waals surface area contributed by atoms with E-state index >= 15 is 0 Å². The van der Waals surface area contributed by atoms with Gasteiger partial charge in [0, 0.05) is 18.0 Å². The Labute approximate surface area is 144 Å². The van der Waals surface area contributed by atoms with Gasteiger partial charge < -0.3 is 9.47 Å². The normalized spacial score (nSPS) is 17.0. The maximum absolute atomic E-state index is 12.1. The van der Waals surface area contributed by atoms with Gasteiger partial charge in [-0.25, -0.2) is 14.6 Å². The van der Waals surface area contributed by atoms with E-state index in [1.807, 2.05) is 6.20 Å². The Morgan fingerprint density at radius 1 is 1.12 bits per heavy atom. The van der Waals surface area contributed by atoms with Crippen LogP contribution >= 0.6 is 0 Å². The van der Waals surface area contributed by atoms with Gasteiger partial charge in [-0.05, 0) is 25.7 Å². The fourth-order valence-corrected chi connectivity index (χ4v) is 3.26. The highest BCUT2D eigenvalue weighted by Gasteiger charge is 2.50. The van der Waals surface area contributed by atoms with Crippen LogP contribution in [0.15, 0.2) is 24.9 Å². The van der Waals surface area contributed by atoms with Crippen molar-refractivity contribution < 1.29 is 19.1 Å². The number of carbonyl (C=O) groups excluding carboxylic acids is 2. The summed E-state index contributed by atoms with van der Waals surface area (Å²) in [6.45, 7) is 0. The van der Waals surface area contributed by atoms with E-state index in [1.165, 1.54) is 20.5 Å². The third kappa shape index (κ3) is 3.09. The molecule has 2 heterocycles. The van der Waals surface area contributed by atoms with Crippen molar-refractivity contribution in [3.05, 3.63) is 24.9 Å². The summed E-state index contributed by atoms with van der Waals surface area (Å²) >= 11 is 0. The molecule has 0 radical (unpaired) electrons. The first-order valence-corrected chi connectivity index (χ1v) is 7.95. The topological polar surface area (TPSA) is 109 Å². The Morgan fingerprint density at radius 2 is 1.72 bits per heavy atom. The molecular formula is C16H19N5O4. The molecular weight excluding hydrogens is 326 g/mol. The molecule has 0 atom stereocenters. The van der Waals surface area contributed by atoms with Crippen LogP contribution in [-0.2, 0) is 19.1 Å². The monoisotopic (exact) mass is 345 g/mol. The van der Waals surface area contributed by atoms with E-state index in [1.54, 1.807) is 17.1 Å². The third-order valence-corrected chi connectivity index (χ3v) is 4.70. The van der Waals surface area contributed by atoms with Crippen molar-refractivity contribution in [2.75, 3.05) is 14.2 Å². The number of hydrogen-bond donors (Lipinski definition) is 0. The molecule has 9 nitrogen and oxygen atoms in total. The Hall–Kier alpha value is -2.84. The SMILES string of the molecule is COC(=O)C1(C(=O)OC)CCC(n2cc(-c3cncnc3)nn2)CC1. The van der Waals surface area contributed by atoms with Gasteiger partial charge in [0.2, 0.25) is 0 Å². The molecule has 0 spiro atoms. The van der Waals surface area contributed by atoms with Crippen LogP contribution in [0.4, 0.5) is 0 Å². The zero-order valence-electron chi connectivity index (χ0n) is 14.1. The number of esters is 2. The van der Waals surface area contributed by atoms with Crippen molar-refractivity contribution in [3.8, 4) is 11.3 Å². The van der Waals surface area contributed by atoms with Crippen molar-refractivity contribution in [1.82, 2.24) is 25.0 Å². The summed E-state index contributed by atoms with van der Waals surface area (Å²) in [6.07, 6.45) is 8.50. The van der Waals surface area contributed by atoms with Crippen LogP contribution in [0.1, 0.15) is 31.7 Å². The van der Waals surface area contributed by atoms with E-state index < -0.39 is 17.4 Å². The molecule has 9 heteroatoms. The summed E-state index contributed by atoms with van der Waals surface area (Å²) in [5, 5.41) is 8.32. The number of carbonyl (C=O) groups is 2. The van der Waals surface area contributed by atoms with E-state index in [9.17, 15) is 9.59 Å². The molecule has 1 fully saturated rings. The maximum atomic E-state index is 12.1. The van der Waals surface area contributed by atoms with Gasteiger partial charge in [0.05, 0.1) is 26.5 Å². The number of rotatable bonds is 4. The minimum Gasteiger partial charge on any atom is -0.468 e. The first-order valence-electron chi connectivity index (χ1n) is 7.95. The molecule has 3 rings (SSSR count). The van der Waals surface area contributed by atoms with E-state index in [-0.39, 0.29) is 6.04 Å². The molecule has 1 saturated carbocycles. The molecule has 0 amide bonds. The van der Waals surface area contributed by atoms with E-state index in [2.05, 4.69) is 20.3 Å². The van der Waals surface area contributed by atoms with E-state index in [4.69, 9.17) is 9.47 Å². The van der Waals surface area contributed by atoms with Gasteiger partial charge in [-0.2, -0.15) is 0 Å². The highest BCUT2D eigenvalue weighted by atomic mass is 16.5. The van der Waals surface area contributed by atoms with Gasteiger partial charge in [-0.1, -0.05) is 5.21 Å². The summed E-state index contributed by atoms with van der Waals surface area (Å²) in [5.74, 6) is -1.09. The molecule has 0 aliphatic heterocycles. The zero-order valence-corrected chi connectivity index (χ0v) is 14.1. The summed E-state index contributed by atoms with van der Waals surface area (Å²) in [7, 11) is 2.56. The van der Waals surface area contributed by atoms with Gasteiger partial charge >= 0.3 is 11.9 Å². The second-order valence-corrected chi connectivity index (χ2v) is 6.01. The number of aromatic nitrogens is 5. The van der Waals surface area contributed by atoms with Crippen molar-refractivity contribution in [3.63, 3.8) is 0 Å². The molecule has 132 valence electrons. The third-order valence-electron chi connectivity index (χ3n) is 4.70. The Bertz CT molecular complexity index is 735. The minimum atomic E-state index is -1.23. The van der Waals surface area contributed by atoms with Crippen molar-refractivity contribution >= 4 is 11.9 Å². The first kappa shape index (κ1) is 17.0. The lowest BCUT2D eigenvalue weighted by Gasteiger charge is -2.35. The van der Waals surface area contributed by atoms with Gasteiger partial charge in [0.1, 0.15) is 12.0 Å². The Morgan fingerprint density at radius 3 is 2.28 bits per heavy atom. The second kappa shape index (κ2) is 6.96. The summed E-state index contributed by atoms with van der Waals surface area (Å²) in [6, 6.07) is 0.0494. The number of hydrogen-bond acceptors (Lipinski definition) is 8. The highest BCUT2D eigenvalue weighted by Crippen LogP contribution is 2.42. The Kier molecular flexibility index (Phi) is 4.73. The van der Waals surface area contributed by atoms with Crippen molar-refractivity contribution in [2.24, 2.45) is 5.41 Å². The number of methoxy groups -OCH3 is 2. The van der Waals surface area contributed by atoms with Crippen LogP contribution in [0, 0.1) is 5.41 Å². The van der Waals surface area contributed by atoms with Gasteiger partial charge in [0.15, 0.2) is 5.41 Å². The van der Waals surface area contributed by atoms with Crippen LogP contribution in [0.2, 0.25) is 0 Å². The van der Waals surface area contributed by atoms with Crippen LogP contribution in [0.3, 0.4) is 0 Å².